The molecule has 0 aromatic rings. The molecule has 4 saturated carbocycles. The Bertz CT molecular complexity index is 1010. The Labute approximate surface area is 266 Å². The quantitative estimate of drug-likeness (QED) is 0.260. The van der Waals surface area contributed by atoms with Gasteiger partial charge in [-0.2, -0.15) is 0 Å². The van der Waals surface area contributed by atoms with Gasteiger partial charge in [0.1, 0.15) is 0 Å². The summed E-state index contributed by atoms with van der Waals surface area (Å²) in [5, 5.41) is 22.3. The molecule has 0 amide bonds. The molecule has 0 aromatic heterocycles. The third kappa shape index (κ3) is 6.38. The van der Waals surface area contributed by atoms with Gasteiger partial charge in [-0.05, 0) is 134 Å². The van der Waals surface area contributed by atoms with Gasteiger partial charge in [0.05, 0.1) is 12.2 Å². The van der Waals surface area contributed by atoms with E-state index >= 15 is 0 Å². The molecule has 0 radical (unpaired) electrons. The number of hydrogen-bond donors (Lipinski definition) is 2. The predicted octanol–water partition coefficient (Wildman–Crippen LogP) is 9.51. The number of rotatable bonds is 8. The molecule has 4 aliphatic carbocycles. The topological polar surface area (TPSA) is 76.0 Å². The SMILES string of the molecule is C[C@H](CCC(=O)O)[C@H]1CC[C@H]2[C@@H]3[C@@H](O)[C@H](O[Si](C)(C)C(C)(C)C)[C@@H]4C[C@H](O[Si](C)(C)C(C)(C)C)CC[C@]4(C)[C@H]3CC[C@]12C. The molecule has 43 heavy (non-hydrogen) atoms. The summed E-state index contributed by atoms with van der Waals surface area (Å²) in [6, 6.07) is 0. The van der Waals surface area contributed by atoms with Crippen molar-refractivity contribution in [3.8, 4) is 0 Å². The maximum atomic E-state index is 12.6. The molecular weight excluding hydrogens is 569 g/mol. The van der Waals surface area contributed by atoms with Gasteiger partial charge < -0.3 is 19.1 Å². The molecule has 11 atom stereocenters. The molecule has 0 spiro atoms. The average Bonchev–Trinajstić information content (AvgIpc) is 3.21. The molecule has 0 aromatic carbocycles. The molecule has 0 heterocycles. The van der Waals surface area contributed by atoms with Crippen LogP contribution in [0.15, 0.2) is 0 Å². The normalized spacial score (nSPS) is 41.3. The second-order valence-corrected chi connectivity index (χ2v) is 28.7. The molecule has 7 heteroatoms. The lowest BCUT2D eigenvalue weighted by Crippen LogP contribution is -2.66. The highest BCUT2D eigenvalue weighted by Gasteiger charge is 2.66. The third-order valence-electron chi connectivity index (χ3n) is 14.8. The minimum absolute atomic E-state index is 0.0742. The fraction of sp³-hybridized carbons (Fsp3) is 0.972. The van der Waals surface area contributed by atoms with Gasteiger partial charge in [-0.1, -0.05) is 62.3 Å². The van der Waals surface area contributed by atoms with Crippen LogP contribution in [0.2, 0.25) is 36.3 Å². The second kappa shape index (κ2) is 11.8. The Morgan fingerprint density at radius 3 is 1.93 bits per heavy atom. The van der Waals surface area contributed by atoms with Crippen LogP contribution in [0, 0.1) is 46.3 Å². The van der Waals surface area contributed by atoms with Crippen molar-refractivity contribution in [2.75, 3.05) is 0 Å². The molecule has 0 bridgehead atoms. The lowest BCUT2D eigenvalue weighted by Gasteiger charge is -2.65. The summed E-state index contributed by atoms with van der Waals surface area (Å²) in [4.78, 5) is 11.4. The van der Waals surface area contributed by atoms with Gasteiger partial charge in [-0.3, -0.25) is 4.79 Å². The number of carboxylic acid groups (broad SMARTS) is 1. The Morgan fingerprint density at radius 2 is 1.37 bits per heavy atom. The van der Waals surface area contributed by atoms with Gasteiger partial charge in [-0.25, -0.2) is 0 Å². The van der Waals surface area contributed by atoms with E-state index in [1.54, 1.807) is 0 Å². The van der Waals surface area contributed by atoms with Crippen molar-refractivity contribution in [1.82, 2.24) is 0 Å². The summed E-state index contributed by atoms with van der Waals surface area (Å²) >= 11 is 0. The van der Waals surface area contributed by atoms with E-state index in [1.165, 1.54) is 12.8 Å². The molecule has 0 saturated heterocycles. The standard InChI is InChI=1S/C36H68O5Si2/c1-23(14-17-29(37)38)25-15-16-26-30-27(19-21-35(25,26)8)36(9)20-18-24(40-42(10,11)33(2,3)4)22-28(36)32(31(30)39)41-43(12,13)34(5,6)7/h23-28,30-32,39H,14-22H2,1-13H3,(H,37,38)/t23-,24-,25-,26+,27+,28+,30+,31-,32-,35-,36-/m1/s1. The van der Waals surface area contributed by atoms with Crippen LogP contribution in [-0.4, -0.2) is 51.1 Å². The number of hydrogen-bond acceptors (Lipinski definition) is 4. The molecule has 4 fully saturated rings. The third-order valence-corrected chi connectivity index (χ3v) is 23.8. The Hall–Kier alpha value is -0.216. The fourth-order valence-corrected chi connectivity index (χ4v) is 12.8. The van der Waals surface area contributed by atoms with Crippen LogP contribution in [0.1, 0.15) is 120 Å². The van der Waals surface area contributed by atoms with E-state index < -0.39 is 28.7 Å². The molecule has 2 N–H and O–H groups in total. The van der Waals surface area contributed by atoms with E-state index in [-0.39, 0.29) is 45.5 Å². The van der Waals surface area contributed by atoms with E-state index in [1.807, 2.05) is 0 Å². The van der Waals surface area contributed by atoms with Gasteiger partial charge in [-0.15, -0.1) is 0 Å². The number of fused-ring (bicyclic) bond motifs is 5. The second-order valence-electron chi connectivity index (χ2n) is 19.1. The van der Waals surface area contributed by atoms with E-state index in [9.17, 15) is 15.0 Å². The van der Waals surface area contributed by atoms with Crippen molar-refractivity contribution in [2.24, 2.45) is 46.3 Å². The van der Waals surface area contributed by atoms with Crippen molar-refractivity contribution in [3.05, 3.63) is 0 Å². The summed E-state index contributed by atoms with van der Waals surface area (Å²) in [7, 11) is -4.07. The summed E-state index contributed by atoms with van der Waals surface area (Å²) in [6.45, 7) is 30.8. The molecule has 250 valence electrons. The molecule has 0 unspecified atom stereocenters. The van der Waals surface area contributed by atoms with E-state index in [2.05, 4.69) is 88.5 Å². The first-order valence-corrected chi connectivity index (χ1v) is 23.5. The van der Waals surface area contributed by atoms with Crippen LogP contribution in [0.4, 0.5) is 0 Å². The highest BCUT2D eigenvalue weighted by atomic mass is 28.4. The molecule has 5 nitrogen and oxygen atoms in total. The Balaban J connectivity index is 1.69. The van der Waals surface area contributed by atoms with Crippen LogP contribution >= 0.6 is 0 Å². The molecule has 4 rings (SSSR count). The van der Waals surface area contributed by atoms with E-state index in [0.717, 1.165) is 38.5 Å². The number of aliphatic hydroxyl groups is 1. The minimum Gasteiger partial charge on any atom is -0.481 e. The zero-order valence-electron chi connectivity index (χ0n) is 30.2. The van der Waals surface area contributed by atoms with Crippen LogP contribution in [0.5, 0.6) is 0 Å². The van der Waals surface area contributed by atoms with Crippen molar-refractivity contribution in [1.29, 1.82) is 0 Å². The van der Waals surface area contributed by atoms with Crippen LogP contribution in [0.3, 0.4) is 0 Å². The monoisotopic (exact) mass is 636 g/mol. The summed E-state index contributed by atoms with van der Waals surface area (Å²) in [5.41, 5.74) is 0.298. The fourth-order valence-electron chi connectivity index (χ4n) is 10.1. The van der Waals surface area contributed by atoms with Crippen molar-refractivity contribution >= 4 is 22.6 Å². The van der Waals surface area contributed by atoms with Gasteiger partial charge in [0, 0.05) is 12.5 Å². The zero-order valence-corrected chi connectivity index (χ0v) is 32.2. The van der Waals surface area contributed by atoms with Gasteiger partial charge in [0.15, 0.2) is 16.6 Å². The minimum atomic E-state index is -2.15. The number of aliphatic hydroxyl groups excluding tert-OH is 1. The van der Waals surface area contributed by atoms with Crippen LogP contribution < -0.4 is 0 Å². The van der Waals surface area contributed by atoms with Gasteiger partial charge >= 0.3 is 5.97 Å². The van der Waals surface area contributed by atoms with E-state index in [4.69, 9.17) is 8.85 Å². The number of carboxylic acids is 1. The first-order valence-electron chi connectivity index (χ1n) is 17.7. The average molecular weight is 637 g/mol. The molecular formula is C36H68O5Si2. The highest BCUT2D eigenvalue weighted by molar-refractivity contribution is 6.74. The van der Waals surface area contributed by atoms with Crippen molar-refractivity contribution in [3.63, 3.8) is 0 Å². The summed E-state index contributed by atoms with van der Waals surface area (Å²) in [6.07, 6.45) is 8.61. The Morgan fingerprint density at radius 1 is 0.837 bits per heavy atom. The zero-order chi connectivity index (χ0) is 32.6. The molecule has 0 aliphatic heterocycles. The Kier molecular flexibility index (Phi) is 9.77. The molecule has 4 aliphatic rings. The highest BCUT2D eigenvalue weighted by Crippen LogP contribution is 2.69. The lowest BCUT2D eigenvalue weighted by atomic mass is 9.43. The summed E-state index contributed by atoms with van der Waals surface area (Å²) in [5.74, 6) is 1.78. The first-order chi connectivity index (χ1) is 19.5. The number of aliphatic carboxylic acids is 1. The van der Waals surface area contributed by atoms with E-state index in [0.29, 0.717) is 29.6 Å². The van der Waals surface area contributed by atoms with Crippen molar-refractivity contribution < 1.29 is 23.9 Å². The largest absolute Gasteiger partial charge is 0.481 e. The lowest BCUT2D eigenvalue weighted by molar-refractivity contribution is -0.218. The maximum absolute atomic E-state index is 12.6. The number of carbonyl (C=O) groups is 1. The van der Waals surface area contributed by atoms with Gasteiger partial charge in [0.2, 0.25) is 0 Å². The van der Waals surface area contributed by atoms with Crippen molar-refractivity contribution in [2.45, 2.75) is 175 Å². The van der Waals surface area contributed by atoms with Gasteiger partial charge in [0.25, 0.3) is 0 Å². The predicted molar refractivity (Wildman–Crippen MR) is 182 cm³/mol. The van der Waals surface area contributed by atoms with Crippen LogP contribution in [0.25, 0.3) is 0 Å². The van der Waals surface area contributed by atoms with Crippen LogP contribution in [-0.2, 0) is 13.6 Å². The summed E-state index contributed by atoms with van der Waals surface area (Å²) < 4.78 is 14.5. The maximum Gasteiger partial charge on any atom is 0.303 e. The smallest absolute Gasteiger partial charge is 0.303 e. The first kappa shape index (κ1) is 35.6.